The monoisotopic (exact) mass is 334 g/mol. The van der Waals surface area contributed by atoms with Crippen LogP contribution in [0.5, 0.6) is 0 Å². The van der Waals surface area contributed by atoms with Crippen molar-refractivity contribution in [3.05, 3.63) is 82.9 Å². The van der Waals surface area contributed by atoms with Gasteiger partial charge in [-0.3, -0.25) is 0 Å². The zero-order chi connectivity index (χ0) is 18.0. The molecule has 0 aliphatic heterocycles. The van der Waals surface area contributed by atoms with Crippen LogP contribution in [-0.2, 0) is 0 Å². The lowest BCUT2D eigenvalue weighted by Crippen LogP contribution is -1.86. The molecule has 0 amide bonds. The largest absolute Gasteiger partial charge is 0.0537 e. The van der Waals surface area contributed by atoms with Gasteiger partial charge in [-0.25, -0.2) is 0 Å². The summed E-state index contributed by atoms with van der Waals surface area (Å²) in [5, 5.41) is 10.7. The fourth-order valence-electron chi connectivity index (χ4n) is 4.15. The maximum absolute atomic E-state index is 2.37. The van der Waals surface area contributed by atoms with Gasteiger partial charge in [-0.1, -0.05) is 48.5 Å². The van der Waals surface area contributed by atoms with E-state index in [0.717, 1.165) is 0 Å². The van der Waals surface area contributed by atoms with Gasteiger partial charge in [-0.2, -0.15) is 0 Å². The maximum Gasteiger partial charge on any atom is -0.00989 e. The lowest BCUT2D eigenvalue weighted by molar-refractivity contribution is 1.37. The fourth-order valence-corrected chi connectivity index (χ4v) is 4.15. The lowest BCUT2D eigenvalue weighted by atomic mass is 9.92. The fraction of sp³-hybridized carbons (Fsp3) is 0.154. The molecule has 0 radical (unpaired) electrons. The first-order chi connectivity index (χ1) is 12.5. The van der Waals surface area contributed by atoms with E-state index in [1.165, 1.54) is 65.3 Å². The Labute approximate surface area is 154 Å². The molecule has 0 saturated carbocycles. The SMILES string of the molecule is Cc1cc2ccc3cc4c(ccc5cc(C)c(C)cc54)cc3c2cc1C. The minimum absolute atomic E-state index is 1.32. The lowest BCUT2D eigenvalue weighted by Gasteiger charge is -2.12. The summed E-state index contributed by atoms with van der Waals surface area (Å²) >= 11 is 0. The van der Waals surface area contributed by atoms with Crippen molar-refractivity contribution in [3.8, 4) is 0 Å². The Bertz CT molecular complexity index is 1250. The van der Waals surface area contributed by atoms with E-state index in [2.05, 4.69) is 88.4 Å². The molecule has 0 aliphatic rings. The molecule has 0 aliphatic carbocycles. The van der Waals surface area contributed by atoms with Crippen molar-refractivity contribution in [3.63, 3.8) is 0 Å². The highest BCUT2D eigenvalue weighted by molar-refractivity contribution is 6.17. The van der Waals surface area contributed by atoms with Crippen molar-refractivity contribution in [2.24, 2.45) is 0 Å². The summed E-state index contributed by atoms with van der Waals surface area (Å²) in [5.74, 6) is 0. The summed E-state index contributed by atoms with van der Waals surface area (Å²) < 4.78 is 0. The first-order valence-corrected chi connectivity index (χ1v) is 9.29. The zero-order valence-electron chi connectivity index (χ0n) is 15.8. The average molecular weight is 334 g/mol. The minimum atomic E-state index is 1.32. The van der Waals surface area contributed by atoms with Crippen LogP contribution in [0.15, 0.2) is 60.7 Å². The van der Waals surface area contributed by atoms with E-state index in [0.29, 0.717) is 0 Å². The standard InChI is InChI=1S/C26H22/c1-15-9-19-5-7-21-14-26-22(13-25(21)23(19)11-17(15)3)8-6-20-10-16(2)18(4)12-24(20)26/h5-14H,1-4H3. The molecule has 0 nitrogen and oxygen atoms in total. The van der Waals surface area contributed by atoms with E-state index in [9.17, 15) is 0 Å². The van der Waals surface area contributed by atoms with E-state index in [1.807, 2.05) is 0 Å². The van der Waals surface area contributed by atoms with Gasteiger partial charge < -0.3 is 0 Å². The molecule has 0 spiro atoms. The Morgan fingerprint density at radius 3 is 1.00 bits per heavy atom. The van der Waals surface area contributed by atoms with Gasteiger partial charge in [0.1, 0.15) is 0 Å². The van der Waals surface area contributed by atoms with Crippen molar-refractivity contribution >= 4 is 43.1 Å². The molecular formula is C26H22. The normalized spacial score (nSPS) is 11.8. The van der Waals surface area contributed by atoms with E-state index >= 15 is 0 Å². The third-order valence-corrected chi connectivity index (χ3v) is 6.02. The molecular weight excluding hydrogens is 312 g/mol. The van der Waals surface area contributed by atoms with Crippen LogP contribution in [0.3, 0.4) is 0 Å². The molecule has 5 aromatic rings. The second kappa shape index (κ2) is 5.32. The Balaban J connectivity index is 1.95. The van der Waals surface area contributed by atoms with Crippen molar-refractivity contribution in [1.82, 2.24) is 0 Å². The molecule has 0 fully saturated rings. The Kier molecular flexibility index (Phi) is 3.15. The topological polar surface area (TPSA) is 0 Å². The zero-order valence-corrected chi connectivity index (χ0v) is 15.8. The van der Waals surface area contributed by atoms with Gasteiger partial charge in [0.25, 0.3) is 0 Å². The van der Waals surface area contributed by atoms with Crippen LogP contribution < -0.4 is 0 Å². The number of hydrogen-bond acceptors (Lipinski definition) is 0. The van der Waals surface area contributed by atoms with Gasteiger partial charge in [0.2, 0.25) is 0 Å². The first kappa shape index (κ1) is 15.4. The molecule has 5 rings (SSSR count). The predicted molar refractivity (Wildman–Crippen MR) is 115 cm³/mol. The Morgan fingerprint density at radius 2 is 0.615 bits per heavy atom. The molecule has 0 bridgehead atoms. The summed E-state index contributed by atoms with van der Waals surface area (Å²) in [6.07, 6.45) is 0. The van der Waals surface area contributed by atoms with Crippen LogP contribution in [0.4, 0.5) is 0 Å². The van der Waals surface area contributed by atoms with Crippen LogP contribution in [0.25, 0.3) is 43.1 Å². The van der Waals surface area contributed by atoms with Gasteiger partial charge in [-0.15, -0.1) is 0 Å². The van der Waals surface area contributed by atoms with E-state index < -0.39 is 0 Å². The van der Waals surface area contributed by atoms with E-state index in [4.69, 9.17) is 0 Å². The summed E-state index contributed by atoms with van der Waals surface area (Å²) in [6, 6.07) is 23.1. The smallest absolute Gasteiger partial charge is 0.00989 e. The molecule has 0 unspecified atom stereocenters. The predicted octanol–water partition coefficient (Wildman–Crippen LogP) is 7.53. The third kappa shape index (κ3) is 2.15. The minimum Gasteiger partial charge on any atom is -0.0537 e. The van der Waals surface area contributed by atoms with Gasteiger partial charge >= 0.3 is 0 Å². The Morgan fingerprint density at radius 1 is 0.346 bits per heavy atom. The Hall–Kier alpha value is -2.86. The first-order valence-electron chi connectivity index (χ1n) is 9.29. The summed E-state index contributed by atoms with van der Waals surface area (Å²) in [4.78, 5) is 0. The molecule has 0 saturated heterocycles. The van der Waals surface area contributed by atoms with Crippen LogP contribution in [-0.4, -0.2) is 0 Å². The van der Waals surface area contributed by atoms with Crippen LogP contribution >= 0.6 is 0 Å². The second-order valence-corrected chi connectivity index (χ2v) is 7.74. The van der Waals surface area contributed by atoms with Crippen LogP contribution in [0.1, 0.15) is 22.3 Å². The molecule has 0 aromatic heterocycles. The highest BCUT2D eigenvalue weighted by Crippen LogP contribution is 2.34. The van der Waals surface area contributed by atoms with Crippen LogP contribution in [0, 0.1) is 27.7 Å². The maximum atomic E-state index is 2.37. The van der Waals surface area contributed by atoms with Crippen LogP contribution in [0.2, 0.25) is 0 Å². The summed E-state index contributed by atoms with van der Waals surface area (Å²) in [5.41, 5.74) is 5.42. The van der Waals surface area contributed by atoms with Crippen molar-refractivity contribution < 1.29 is 0 Å². The van der Waals surface area contributed by atoms with E-state index in [-0.39, 0.29) is 0 Å². The van der Waals surface area contributed by atoms with Crippen molar-refractivity contribution in [2.45, 2.75) is 27.7 Å². The molecule has 0 atom stereocenters. The highest BCUT2D eigenvalue weighted by atomic mass is 14.1. The van der Waals surface area contributed by atoms with Gasteiger partial charge in [0, 0.05) is 0 Å². The molecule has 5 aromatic carbocycles. The third-order valence-electron chi connectivity index (χ3n) is 6.02. The highest BCUT2D eigenvalue weighted by Gasteiger charge is 2.08. The summed E-state index contributed by atoms with van der Waals surface area (Å²) in [6.45, 7) is 8.78. The molecule has 0 heteroatoms. The second-order valence-electron chi connectivity index (χ2n) is 7.74. The van der Waals surface area contributed by atoms with E-state index in [1.54, 1.807) is 0 Å². The molecule has 126 valence electrons. The van der Waals surface area contributed by atoms with Gasteiger partial charge in [0.05, 0.1) is 0 Å². The average Bonchev–Trinajstić information content (AvgIpc) is 2.62. The number of aryl methyl sites for hydroxylation is 4. The van der Waals surface area contributed by atoms with Crippen molar-refractivity contribution in [2.75, 3.05) is 0 Å². The quantitative estimate of drug-likeness (QED) is 0.203. The molecule has 26 heavy (non-hydrogen) atoms. The number of fused-ring (bicyclic) bond motifs is 6. The number of rotatable bonds is 0. The van der Waals surface area contributed by atoms with Crippen molar-refractivity contribution in [1.29, 1.82) is 0 Å². The number of hydrogen-bond donors (Lipinski definition) is 0. The summed E-state index contributed by atoms with van der Waals surface area (Å²) in [7, 11) is 0. The number of benzene rings is 5. The molecule has 0 heterocycles. The van der Waals surface area contributed by atoms with Gasteiger partial charge in [-0.05, 0) is 105 Å². The molecule has 0 N–H and O–H groups in total. The van der Waals surface area contributed by atoms with Gasteiger partial charge in [0.15, 0.2) is 0 Å².